The first-order valence-corrected chi connectivity index (χ1v) is 10.5. The van der Waals surface area contributed by atoms with Gasteiger partial charge in [-0.2, -0.15) is 10.4 Å². The Morgan fingerprint density at radius 1 is 1.29 bits per heavy atom. The Morgan fingerprint density at radius 3 is 2.90 bits per heavy atom. The Kier molecular flexibility index (Phi) is 4.63. The van der Waals surface area contributed by atoms with Gasteiger partial charge in [-0.3, -0.25) is 4.68 Å². The lowest BCUT2D eigenvalue weighted by molar-refractivity contribution is 0.312. The van der Waals surface area contributed by atoms with Crippen LogP contribution in [-0.4, -0.2) is 38.2 Å². The molecule has 0 bridgehead atoms. The fraction of sp³-hybridized carbons (Fsp3) is 0.391. The molecule has 3 heterocycles. The molecule has 1 aliphatic heterocycles. The van der Waals surface area contributed by atoms with E-state index in [1.165, 1.54) is 16.7 Å². The summed E-state index contributed by atoms with van der Waals surface area (Å²) in [6, 6.07) is 6.60. The molecule has 8 nitrogen and oxygen atoms in total. The Balaban J connectivity index is 1.43. The van der Waals surface area contributed by atoms with Gasteiger partial charge in [0.1, 0.15) is 0 Å². The van der Waals surface area contributed by atoms with E-state index in [0.717, 1.165) is 43.6 Å². The molecule has 0 atom stereocenters. The molecule has 158 valence electrons. The molecule has 8 heteroatoms. The molecular weight excluding hydrogens is 390 g/mol. The summed E-state index contributed by atoms with van der Waals surface area (Å²) in [6.45, 7) is 4.16. The first kappa shape index (κ1) is 19.5. The van der Waals surface area contributed by atoms with E-state index in [2.05, 4.69) is 52.1 Å². The van der Waals surface area contributed by atoms with Crippen LogP contribution in [0.2, 0.25) is 0 Å². The minimum Gasteiger partial charge on any atom is -0.433 e. The number of nitrogen functional groups attached to an aromatic ring is 1. The van der Waals surface area contributed by atoms with Gasteiger partial charge < -0.3 is 15.4 Å². The third-order valence-corrected chi connectivity index (χ3v) is 6.31. The van der Waals surface area contributed by atoms with E-state index in [9.17, 15) is 0 Å². The molecule has 0 saturated heterocycles. The topological polar surface area (TPSA) is 106 Å². The molecule has 0 unspecified atom stereocenters. The van der Waals surface area contributed by atoms with Gasteiger partial charge in [-0.1, -0.05) is 0 Å². The minimum atomic E-state index is -0.191. The molecule has 2 aromatic heterocycles. The SMILES string of the molecule is Cc1cc(-c2cnc(N)c(Oc3cnn(C4(CC#N)CC4)c3)n2)cc2c1CCN(C)C2. The van der Waals surface area contributed by atoms with Gasteiger partial charge in [0.15, 0.2) is 11.6 Å². The summed E-state index contributed by atoms with van der Waals surface area (Å²) >= 11 is 0. The highest BCUT2D eigenvalue weighted by Gasteiger charge is 2.45. The zero-order valence-corrected chi connectivity index (χ0v) is 17.8. The summed E-state index contributed by atoms with van der Waals surface area (Å²) in [4.78, 5) is 11.3. The van der Waals surface area contributed by atoms with Gasteiger partial charge in [0.05, 0.1) is 42.3 Å². The van der Waals surface area contributed by atoms with E-state index < -0.39 is 0 Å². The minimum absolute atomic E-state index is 0.191. The second-order valence-corrected chi connectivity index (χ2v) is 8.65. The molecule has 1 aromatic carbocycles. The lowest BCUT2D eigenvalue weighted by Gasteiger charge is -2.27. The van der Waals surface area contributed by atoms with Crippen LogP contribution in [0.25, 0.3) is 11.3 Å². The number of nitrogens with two attached hydrogens (primary N) is 1. The van der Waals surface area contributed by atoms with Crippen LogP contribution in [-0.2, 0) is 18.5 Å². The maximum atomic E-state index is 9.07. The number of benzene rings is 1. The number of aromatic nitrogens is 4. The van der Waals surface area contributed by atoms with Crippen LogP contribution in [0.4, 0.5) is 5.82 Å². The number of rotatable bonds is 5. The molecule has 0 spiro atoms. The van der Waals surface area contributed by atoms with E-state index in [0.29, 0.717) is 12.2 Å². The summed E-state index contributed by atoms with van der Waals surface area (Å²) in [5.74, 6) is 1.02. The average molecular weight is 416 g/mol. The first-order valence-electron chi connectivity index (χ1n) is 10.5. The normalized spacial score (nSPS) is 17.1. The monoisotopic (exact) mass is 415 g/mol. The maximum Gasteiger partial charge on any atom is 0.263 e. The third kappa shape index (κ3) is 3.62. The molecule has 5 rings (SSSR count). The Labute approximate surface area is 181 Å². The third-order valence-electron chi connectivity index (χ3n) is 6.31. The van der Waals surface area contributed by atoms with Gasteiger partial charge in [0.25, 0.3) is 5.88 Å². The summed E-state index contributed by atoms with van der Waals surface area (Å²) < 4.78 is 7.76. The average Bonchev–Trinajstić information content (AvgIpc) is 3.37. The highest BCUT2D eigenvalue weighted by Crippen LogP contribution is 2.46. The summed E-state index contributed by atoms with van der Waals surface area (Å²) in [7, 11) is 2.14. The molecular formula is C23H25N7O. The smallest absolute Gasteiger partial charge is 0.263 e. The standard InChI is InChI=1S/C23H25N7O/c1-15-9-16(10-17-13-29(2)8-3-19(15)17)20-12-26-21(25)22(28-20)31-18-11-27-30(14-18)23(4-5-23)6-7-24/h9-12,14H,3-6,8,13H2,1-2H3,(H2,25,26). The molecule has 1 saturated carbocycles. The van der Waals surface area contributed by atoms with Crippen molar-refractivity contribution in [3.8, 4) is 29.0 Å². The second-order valence-electron chi connectivity index (χ2n) is 8.65. The molecule has 1 aliphatic carbocycles. The fourth-order valence-electron chi connectivity index (χ4n) is 4.31. The maximum absolute atomic E-state index is 9.07. The predicted octanol–water partition coefficient (Wildman–Crippen LogP) is 3.41. The van der Waals surface area contributed by atoms with Crippen LogP contribution < -0.4 is 10.5 Å². The first-order chi connectivity index (χ1) is 15.0. The molecule has 31 heavy (non-hydrogen) atoms. The number of nitriles is 1. The second kappa shape index (κ2) is 7.36. The van der Waals surface area contributed by atoms with Crippen molar-refractivity contribution in [3.63, 3.8) is 0 Å². The zero-order chi connectivity index (χ0) is 21.6. The Hall–Kier alpha value is -3.44. The van der Waals surface area contributed by atoms with Gasteiger partial charge >= 0.3 is 0 Å². The van der Waals surface area contributed by atoms with Crippen LogP contribution in [0.3, 0.4) is 0 Å². The van der Waals surface area contributed by atoms with Gasteiger partial charge in [-0.05, 0) is 62.1 Å². The van der Waals surface area contributed by atoms with E-state index in [4.69, 9.17) is 15.7 Å². The molecule has 2 N–H and O–H groups in total. The Bertz CT molecular complexity index is 1190. The van der Waals surface area contributed by atoms with Crippen molar-refractivity contribution in [2.45, 2.75) is 44.7 Å². The van der Waals surface area contributed by atoms with Crippen LogP contribution in [0, 0.1) is 18.3 Å². The van der Waals surface area contributed by atoms with Crippen LogP contribution in [0.5, 0.6) is 11.6 Å². The van der Waals surface area contributed by atoms with Crippen molar-refractivity contribution >= 4 is 5.82 Å². The predicted molar refractivity (Wildman–Crippen MR) is 116 cm³/mol. The van der Waals surface area contributed by atoms with Crippen molar-refractivity contribution < 1.29 is 4.74 Å². The molecule has 1 fully saturated rings. The van der Waals surface area contributed by atoms with Crippen molar-refractivity contribution in [1.82, 2.24) is 24.6 Å². The summed E-state index contributed by atoms with van der Waals surface area (Å²) in [5, 5.41) is 13.5. The molecule has 3 aromatic rings. The zero-order valence-electron chi connectivity index (χ0n) is 17.8. The number of hydrogen-bond acceptors (Lipinski definition) is 7. The number of hydrogen-bond donors (Lipinski definition) is 1. The number of anilines is 1. The largest absolute Gasteiger partial charge is 0.433 e. The number of likely N-dealkylation sites (N-methyl/N-ethyl adjacent to an activating group) is 1. The van der Waals surface area contributed by atoms with Crippen molar-refractivity contribution in [2.24, 2.45) is 0 Å². The number of aryl methyl sites for hydroxylation is 1. The van der Waals surface area contributed by atoms with Crippen molar-refractivity contribution in [2.75, 3.05) is 19.3 Å². The highest BCUT2D eigenvalue weighted by molar-refractivity contribution is 5.64. The van der Waals surface area contributed by atoms with Gasteiger partial charge in [0.2, 0.25) is 0 Å². The van der Waals surface area contributed by atoms with Gasteiger partial charge in [-0.15, -0.1) is 0 Å². The quantitative estimate of drug-likeness (QED) is 0.680. The van der Waals surface area contributed by atoms with Crippen molar-refractivity contribution in [3.05, 3.63) is 47.4 Å². The number of nitrogens with zero attached hydrogens (tertiary/aromatic N) is 6. The summed E-state index contributed by atoms with van der Waals surface area (Å²) in [5.41, 5.74) is 11.6. The van der Waals surface area contributed by atoms with E-state index in [-0.39, 0.29) is 17.2 Å². The number of fused-ring (bicyclic) bond motifs is 1. The van der Waals surface area contributed by atoms with E-state index >= 15 is 0 Å². The highest BCUT2D eigenvalue weighted by atomic mass is 16.5. The number of ether oxygens (including phenoxy) is 1. The van der Waals surface area contributed by atoms with Gasteiger partial charge in [0, 0.05) is 18.7 Å². The van der Waals surface area contributed by atoms with Crippen LogP contribution in [0.15, 0.2) is 30.7 Å². The molecule has 0 radical (unpaired) electrons. The van der Waals surface area contributed by atoms with E-state index in [1.54, 1.807) is 18.6 Å². The molecule has 2 aliphatic rings. The summed E-state index contributed by atoms with van der Waals surface area (Å²) in [6.07, 6.45) is 8.53. The molecule has 0 amide bonds. The lowest BCUT2D eigenvalue weighted by atomic mass is 9.92. The van der Waals surface area contributed by atoms with Gasteiger partial charge in [-0.25, -0.2) is 9.97 Å². The van der Waals surface area contributed by atoms with Crippen molar-refractivity contribution in [1.29, 1.82) is 5.26 Å². The Morgan fingerprint density at radius 2 is 2.13 bits per heavy atom. The fourth-order valence-corrected chi connectivity index (χ4v) is 4.31. The van der Waals surface area contributed by atoms with Crippen LogP contribution in [0.1, 0.15) is 36.0 Å². The van der Waals surface area contributed by atoms with E-state index in [1.807, 2.05) is 4.68 Å². The lowest BCUT2D eigenvalue weighted by Crippen LogP contribution is -2.27. The van der Waals surface area contributed by atoms with Crippen LogP contribution >= 0.6 is 0 Å².